The molecule has 2 N–H and O–H groups in total. The maximum absolute atomic E-state index is 12.4. The largest absolute Gasteiger partial charge is 0.340 e. The number of nitrogens with zero attached hydrogens (tertiary/aromatic N) is 2. The van der Waals surface area contributed by atoms with Crippen molar-refractivity contribution in [2.24, 2.45) is 11.7 Å². The molecule has 2 atom stereocenters. The third kappa shape index (κ3) is 5.06. The van der Waals surface area contributed by atoms with E-state index in [9.17, 15) is 4.79 Å². The number of hydrogen-bond donors (Lipinski definition) is 1. The van der Waals surface area contributed by atoms with E-state index in [4.69, 9.17) is 5.73 Å². The van der Waals surface area contributed by atoms with E-state index in [1.165, 1.54) is 0 Å². The van der Waals surface area contributed by atoms with Gasteiger partial charge in [-0.1, -0.05) is 6.42 Å². The third-order valence-electron chi connectivity index (χ3n) is 4.42. The lowest BCUT2D eigenvalue weighted by atomic mass is 9.85. The summed E-state index contributed by atoms with van der Waals surface area (Å²) in [6.07, 6.45) is 4.13. The Morgan fingerprint density at radius 3 is 2.20 bits per heavy atom. The number of carbonyl (C=O) groups excluding carboxylic acids is 1. The Balaban J connectivity index is 0.00000180. The molecule has 2 fully saturated rings. The van der Waals surface area contributed by atoms with Gasteiger partial charge in [0.05, 0.1) is 0 Å². The highest BCUT2D eigenvalue weighted by molar-refractivity contribution is 5.85. The van der Waals surface area contributed by atoms with E-state index in [1.807, 2.05) is 0 Å². The molecule has 6 heteroatoms. The Kier molecular flexibility index (Phi) is 9.07. The molecule has 2 rings (SSSR count). The quantitative estimate of drug-likeness (QED) is 0.843. The molecule has 0 aromatic carbocycles. The highest BCUT2D eigenvalue weighted by Gasteiger charge is 2.30. The van der Waals surface area contributed by atoms with Crippen LogP contribution in [0.15, 0.2) is 0 Å². The minimum atomic E-state index is 0. The minimum absolute atomic E-state index is 0. The second kappa shape index (κ2) is 9.08. The van der Waals surface area contributed by atoms with Gasteiger partial charge in [0.2, 0.25) is 5.91 Å². The Labute approximate surface area is 135 Å². The third-order valence-corrected chi connectivity index (χ3v) is 4.42. The first-order chi connectivity index (χ1) is 8.58. The predicted molar refractivity (Wildman–Crippen MR) is 87.7 cm³/mol. The molecule has 0 bridgehead atoms. The normalized spacial score (nSPS) is 27.7. The number of hydrogen-bond acceptors (Lipinski definition) is 3. The molecule has 120 valence electrons. The molecule has 0 spiro atoms. The Morgan fingerprint density at radius 2 is 1.70 bits per heavy atom. The van der Waals surface area contributed by atoms with Gasteiger partial charge in [0.15, 0.2) is 0 Å². The van der Waals surface area contributed by atoms with Crippen molar-refractivity contribution >= 4 is 30.7 Å². The Morgan fingerprint density at radius 1 is 1.10 bits per heavy atom. The fourth-order valence-corrected chi connectivity index (χ4v) is 3.17. The smallest absolute Gasteiger partial charge is 0.225 e. The van der Waals surface area contributed by atoms with Crippen molar-refractivity contribution in [1.82, 2.24) is 9.80 Å². The average Bonchev–Trinajstić information content (AvgIpc) is 2.38. The first kappa shape index (κ1) is 20.0. The summed E-state index contributed by atoms with van der Waals surface area (Å²) in [4.78, 5) is 16.9. The second-order valence-corrected chi connectivity index (χ2v) is 6.08. The summed E-state index contributed by atoms with van der Waals surface area (Å²) in [6.45, 7) is 8.26. The van der Waals surface area contributed by atoms with Crippen LogP contribution in [0.3, 0.4) is 0 Å². The zero-order chi connectivity index (χ0) is 13.1. The fourth-order valence-electron chi connectivity index (χ4n) is 3.17. The summed E-state index contributed by atoms with van der Waals surface area (Å²) in [6, 6.07) is 0.829. The Bertz CT molecular complexity index is 294. The molecule has 1 aliphatic heterocycles. The summed E-state index contributed by atoms with van der Waals surface area (Å²) < 4.78 is 0. The van der Waals surface area contributed by atoms with E-state index in [0.717, 1.165) is 51.9 Å². The van der Waals surface area contributed by atoms with Crippen LogP contribution in [-0.4, -0.2) is 54.0 Å². The van der Waals surface area contributed by atoms with E-state index in [1.54, 1.807) is 0 Å². The molecular weight excluding hydrogens is 297 g/mol. The molecule has 1 amide bonds. The van der Waals surface area contributed by atoms with Gasteiger partial charge >= 0.3 is 0 Å². The molecule has 0 radical (unpaired) electrons. The summed E-state index contributed by atoms with van der Waals surface area (Å²) in [7, 11) is 0. The number of amides is 1. The first-order valence-electron chi connectivity index (χ1n) is 7.36. The van der Waals surface area contributed by atoms with Crippen molar-refractivity contribution in [2.45, 2.75) is 51.6 Å². The SMILES string of the molecule is CC(C)N1CCN(C(=O)C2CCCC(N)C2)CC1.Cl.Cl. The van der Waals surface area contributed by atoms with Crippen LogP contribution in [0.5, 0.6) is 0 Å². The lowest BCUT2D eigenvalue weighted by molar-refractivity contribution is -0.138. The van der Waals surface area contributed by atoms with Gasteiger partial charge in [-0.05, 0) is 33.1 Å². The van der Waals surface area contributed by atoms with Crippen LogP contribution in [-0.2, 0) is 4.79 Å². The molecule has 20 heavy (non-hydrogen) atoms. The van der Waals surface area contributed by atoms with Crippen molar-refractivity contribution in [2.75, 3.05) is 26.2 Å². The number of nitrogens with two attached hydrogens (primary N) is 1. The monoisotopic (exact) mass is 325 g/mol. The lowest BCUT2D eigenvalue weighted by Gasteiger charge is -2.39. The zero-order valence-electron chi connectivity index (χ0n) is 12.6. The minimum Gasteiger partial charge on any atom is -0.340 e. The standard InChI is InChI=1S/C14H27N3O.2ClH/c1-11(2)16-6-8-17(9-7-16)14(18)12-4-3-5-13(15)10-12;;/h11-13H,3-10,15H2,1-2H3;2*1H. The highest BCUT2D eigenvalue weighted by Crippen LogP contribution is 2.25. The van der Waals surface area contributed by atoms with Gasteiger partial charge in [0.25, 0.3) is 0 Å². The van der Waals surface area contributed by atoms with Crippen LogP contribution in [0.1, 0.15) is 39.5 Å². The molecule has 0 aromatic rings. The van der Waals surface area contributed by atoms with Crippen LogP contribution in [0, 0.1) is 5.92 Å². The zero-order valence-corrected chi connectivity index (χ0v) is 14.2. The van der Waals surface area contributed by atoms with Crippen molar-refractivity contribution < 1.29 is 4.79 Å². The molecule has 2 aliphatic rings. The molecular formula is C14H29Cl2N3O. The molecule has 1 saturated heterocycles. The van der Waals surface area contributed by atoms with E-state index in [-0.39, 0.29) is 36.8 Å². The number of rotatable bonds is 2. The maximum atomic E-state index is 12.4. The van der Waals surface area contributed by atoms with Gasteiger partial charge in [-0.15, -0.1) is 24.8 Å². The van der Waals surface area contributed by atoms with Crippen LogP contribution in [0.4, 0.5) is 0 Å². The average molecular weight is 326 g/mol. The number of carbonyl (C=O) groups is 1. The molecule has 2 unspecified atom stereocenters. The van der Waals surface area contributed by atoms with E-state index in [2.05, 4.69) is 23.6 Å². The van der Waals surface area contributed by atoms with Gasteiger partial charge in [0, 0.05) is 44.2 Å². The lowest BCUT2D eigenvalue weighted by Crippen LogP contribution is -2.52. The van der Waals surface area contributed by atoms with Gasteiger partial charge in [0.1, 0.15) is 0 Å². The topological polar surface area (TPSA) is 49.6 Å². The van der Waals surface area contributed by atoms with Crippen LogP contribution in [0.2, 0.25) is 0 Å². The van der Waals surface area contributed by atoms with Crippen molar-refractivity contribution in [3.05, 3.63) is 0 Å². The molecule has 0 aromatic heterocycles. The number of halogens is 2. The van der Waals surface area contributed by atoms with Crippen LogP contribution in [0.25, 0.3) is 0 Å². The van der Waals surface area contributed by atoms with E-state index < -0.39 is 0 Å². The van der Waals surface area contributed by atoms with Gasteiger partial charge in [-0.2, -0.15) is 0 Å². The summed E-state index contributed by atoms with van der Waals surface area (Å²) in [5.41, 5.74) is 5.98. The van der Waals surface area contributed by atoms with Crippen molar-refractivity contribution in [3.8, 4) is 0 Å². The molecule has 4 nitrogen and oxygen atoms in total. The summed E-state index contributed by atoms with van der Waals surface area (Å²) in [5.74, 6) is 0.549. The van der Waals surface area contributed by atoms with E-state index >= 15 is 0 Å². The molecule has 1 aliphatic carbocycles. The predicted octanol–water partition coefficient (Wildman–Crippen LogP) is 1.90. The molecule has 1 saturated carbocycles. The first-order valence-corrected chi connectivity index (χ1v) is 7.36. The van der Waals surface area contributed by atoms with Crippen LogP contribution >= 0.6 is 24.8 Å². The second-order valence-electron chi connectivity index (χ2n) is 6.08. The Hall–Kier alpha value is -0.0300. The van der Waals surface area contributed by atoms with Gasteiger partial charge in [-0.25, -0.2) is 0 Å². The van der Waals surface area contributed by atoms with Gasteiger partial charge < -0.3 is 10.6 Å². The van der Waals surface area contributed by atoms with E-state index in [0.29, 0.717) is 11.9 Å². The maximum Gasteiger partial charge on any atom is 0.225 e. The van der Waals surface area contributed by atoms with Crippen molar-refractivity contribution in [3.63, 3.8) is 0 Å². The highest BCUT2D eigenvalue weighted by atomic mass is 35.5. The van der Waals surface area contributed by atoms with Gasteiger partial charge in [-0.3, -0.25) is 9.69 Å². The number of piperazine rings is 1. The summed E-state index contributed by atoms with van der Waals surface area (Å²) >= 11 is 0. The van der Waals surface area contributed by atoms with Crippen molar-refractivity contribution in [1.29, 1.82) is 0 Å². The van der Waals surface area contributed by atoms with Crippen LogP contribution < -0.4 is 5.73 Å². The molecule has 1 heterocycles. The summed E-state index contributed by atoms with van der Waals surface area (Å²) in [5, 5.41) is 0. The fraction of sp³-hybridized carbons (Fsp3) is 0.929.